The topological polar surface area (TPSA) is 70.2 Å². The molecule has 2 heterocycles. The molecular formula is C19H26FN3O2. The molecule has 0 aliphatic carbocycles. The Balaban J connectivity index is 1.28. The number of halogens is 1. The second-order valence-electron chi connectivity index (χ2n) is 7.15. The lowest BCUT2D eigenvalue weighted by Crippen LogP contribution is -2.40. The van der Waals surface area contributed by atoms with Gasteiger partial charge >= 0.3 is 0 Å². The molecule has 1 aromatic carbocycles. The molecule has 0 spiro atoms. The van der Waals surface area contributed by atoms with Crippen LogP contribution in [-0.4, -0.2) is 37.0 Å². The van der Waals surface area contributed by atoms with Gasteiger partial charge in [0.2, 0.25) is 5.91 Å². The Labute approximate surface area is 147 Å². The molecule has 2 fully saturated rings. The number of piperidine rings is 1. The minimum atomic E-state index is -0.425. The molecule has 2 atom stereocenters. The van der Waals surface area contributed by atoms with Gasteiger partial charge in [-0.1, -0.05) is 6.07 Å². The third kappa shape index (κ3) is 5.26. The van der Waals surface area contributed by atoms with Crippen LogP contribution >= 0.6 is 0 Å². The third-order valence-corrected chi connectivity index (χ3v) is 5.09. The van der Waals surface area contributed by atoms with Gasteiger partial charge in [0.25, 0.3) is 5.91 Å². The lowest BCUT2D eigenvalue weighted by molar-refractivity contribution is -0.122. The van der Waals surface area contributed by atoms with Gasteiger partial charge in [0.05, 0.1) is 0 Å². The van der Waals surface area contributed by atoms with Crippen LogP contribution in [0.25, 0.3) is 0 Å². The van der Waals surface area contributed by atoms with Gasteiger partial charge in [-0.3, -0.25) is 9.59 Å². The van der Waals surface area contributed by atoms with E-state index >= 15 is 0 Å². The van der Waals surface area contributed by atoms with Crippen LogP contribution in [0.3, 0.4) is 0 Å². The van der Waals surface area contributed by atoms with Gasteiger partial charge in [-0.2, -0.15) is 0 Å². The number of hydrogen-bond acceptors (Lipinski definition) is 3. The molecule has 2 aliphatic heterocycles. The number of fused-ring (bicyclic) bond motifs is 2. The van der Waals surface area contributed by atoms with E-state index in [2.05, 4.69) is 16.0 Å². The number of rotatable bonds is 7. The molecule has 2 unspecified atom stereocenters. The standard InChI is InChI=1S/C19H26FN3O2/c20-15-4-1-3-14(12-15)19(25)22-8-2-7-21-18(24)11-13-9-16-5-6-17(10-13)23-16/h1,3-4,12-13,16-17,23H,2,5-11H2,(H,21,24)(H,22,25). The fraction of sp³-hybridized carbons (Fsp3) is 0.579. The first-order chi connectivity index (χ1) is 12.1. The summed E-state index contributed by atoms with van der Waals surface area (Å²) in [6.07, 6.45) is 5.96. The second kappa shape index (κ2) is 8.43. The summed E-state index contributed by atoms with van der Waals surface area (Å²) in [6, 6.07) is 6.82. The number of carbonyl (C=O) groups is 2. The van der Waals surface area contributed by atoms with E-state index < -0.39 is 5.82 Å². The molecular weight excluding hydrogens is 321 g/mol. The molecule has 2 aliphatic rings. The van der Waals surface area contributed by atoms with Crippen molar-refractivity contribution in [3.8, 4) is 0 Å². The predicted molar refractivity (Wildman–Crippen MR) is 93.6 cm³/mol. The maximum Gasteiger partial charge on any atom is 0.251 e. The Morgan fingerprint density at radius 1 is 1.12 bits per heavy atom. The average molecular weight is 347 g/mol. The zero-order chi connectivity index (χ0) is 17.6. The first-order valence-electron chi connectivity index (χ1n) is 9.16. The molecule has 136 valence electrons. The highest BCUT2D eigenvalue weighted by molar-refractivity contribution is 5.94. The van der Waals surface area contributed by atoms with E-state index in [1.165, 1.54) is 31.0 Å². The fourth-order valence-electron chi connectivity index (χ4n) is 3.93. The number of benzene rings is 1. The van der Waals surface area contributed by atoms with Gasteiger partial charge in [0, 0.05) is 37.2 Å². The van der Waals surface area contributed by atoms with Crippen molar-refractivity contribution in [3.05, 3.63) is 35.6 Å². The first-order valence-corrected chi connectivity index (χ1v) is 9.16. The highest BCUT2D eigenvalue weighted by atomic mass is 19.1. The molecule has 0 radical (unpaired) electrons. The van der Waals surface area contributed by atoms with Gasteiger partial charge in [0.15, 0.2) is 0 Å². The normalized spacial score (nSPS) is 24.8. The summed E-state index contributed by atoms with van der Waals surface area (Å²) in [5, 5.41) is 9.25. The minimum Gasteiger partial charge on any atom is -0.356 e. The van der Waals surface area contributed by atoms with E-state index in [9.17, 15) is 14.0 Å². The number of nitrogens with one attached hydrogen (secondary N) is 3. The van der Waals surface area contributed by atoms with Crippen LogP contribution < -0.4 is 16.0 Å². The predicted octanol–water partition coefficient (Wildman–Crippen LogP) is 1.98. The molecule has 6 heteroatoms. The van der Waals surface area contributed by atoms with E-state index in [0.29, 0.717) is 49.5 Å². The molecule has 2 amide bonds. The summed E-state index contributed by atoms with van der Waals surface area (Å²) in [7, 11) is 0. The molecule has 2 bridgehead atoms. The van der Waals surface area contributed by atoms with Crippen molar-refractivity contribution < 1.29 is 14.0 Å². The maximum absolute atomic E-state index is 13.1. The average Bonchev–Trinajstić information content (AvgIpc) is 2.93. The molecule has 5 nitrogen and oxygen atoms in total. The van der Waals surface area contributed by atoms with Crippen LogP contribution in [0.4, 0.5) is 4.39 Å². The Morgan fingerprint density at radius 3 is 2.56 bits per heavy atom. The SMILES string of the molecule is O=C(CC1CC2CCC(C1)N2)NCCCNC(=O)c1cccc(F)c1. The number of hydrogen-bond donors (Lipinski definition) is 3. The van der Waals surface area contributed by atoms with E-state index in [-0.39, 0.29) is 11.8 Å². The van der Waals surface area contributed by atoms with Gasteiger partial charge < -0.3 is 16.0 Å². The molecule has 3 rings (SSSR count). The molecule has 25 heavy (non-hydrogen) atoms. The second-order valence-corrected chi connectivity index (χ2v) is 7.15. The zero-order valence-electron chi connectivity index (χ0n) is 14.4. The Hall–Kier alpha value is -1.95. The Kier molecular flexibility index (Phi) is 6.02. The zero-order valence-corrected chi connectivity index (χ0v) is 14.4. The molecule has 0 aromatic heterocycles. The molecule has 3 N–H and O–H groups in total. The van der Waals surface area contributed by atoms with Gasteiger partial charge in [0.1, 0.15) is 5.82 Å². The fourth-order valence-corrected chi connectivity index (χ4v) is 3.93. The van der Waals surface area contributed by atoms with Crippen molar-refractivity contribution in [1.29, 1.82) is 0 Å². The smallest absolute Gasteiger partial charge is 0.251 e. The van der Waals surface area contributed by atoms with Crippen molar-refractivity contribution in [2.45, 2.75) is 50.6 Å². The van der Waals surface area contributed by atoms with E-state index in [1.807, 2.05) is 0 Å². The van der Waals surface area contributed by atoms with Crippen LogP contribution in [0, 0.1) is 11.7 Å². The third-order valence-electron chi connectivity index (χ3n) is 5.09. The summed E-state index contributed by atoms with van der Waals surface area (Å²) in [5.41, 5.74) is 0.310. The Bertz CT molecular complexity index is 610. The highest BCUT2D eigenvalue weighted by Crippen LogP contribution is 2.32. The van der Waals surface area contributed by atoms with Crippen LogP contribution in [-0.2, 0) is 4.79 Å². The van der Waals surface area contributed by atoms with Gasteiger partial charge in [-0.25, -0.2) is 4.39 Å². The summed E-state index contributed by atoms with van der Waals surface area (Å²) >= 11 is 0. The van der Waals surface area contributed by atoms with Crippen molar-refractivity contribution in [3.63, 3.8) is 0 Å². The summed E-state index contributed by atoms with van der Waals surface area (Å²) in [6.45, 7) is 0.993. The minimum absolute atomic E-state index is 0.0998. The lowest BCUT2D eigenvalue weighted by atomic mass is 9.89. The maximum atomic E-state index is 13.1. The summed E-state index contributed by atoms with van der Waals surface area (Å²) in [5.74, 6) is -0.128. The number of carbonyl (C=O) groups excluding carboxylic acids is 2. The van der Waals surface area contributed by atoms with Crippen LogP contribution in [0.1, 0.15) is 48.9 Å². The van der Waals surface area contributed by atoms with E-state index in [4.69, 9.17) is 0 Å². The largest absolute Gasteiger partial charge is 0.356 e. The van der Waals surface area contributed by atoms with Crippen molar-refractivity contribution in [2.75, 3.05) is 13.1 Å². The first kappa shape index (κ1) is 17.9. The van der Waals surface area contributed by atoms with Crippen molar-refractivity contribution in [2.24, 2.45) is 5.92 Å². The number of amides is 2. The molecule has 2 saturated heterocycles. The molecule has 0 saturated carbocycles. The van der Waals surface area contributed by atoms with Crippen LogP contribution in [0.15, 0.2) is 24.3 Å². The van der Waals surface area contributed by atoms with E-state index in [1.54, 1.807) is 6.07 Å². The summed E-state index contributed by atoms with van der Waals surface area (Å²) < 4.78 is 13.1. The van der Waals surface area contributed by atoms with Gasteiger partial charge in [-0.05, 0) is 56.2 Å². The van der Waals surface area contributed by atoms with Gasteiger partial charge in [-0.15, -0.1) is 0 Å². The Morgan fingerprint density at radius 2 is 1.84 bits per heavy atom. The highest BCUT2D eigenvalue weighted by Gasteiger charge is 2.33. The van der Waals surface area contributed by atoms with Crippen molar-refractivity contribution >= 4 is 11.8 Å². The lowest BCUT2D eigenvalue weighted by Gasteiger charge is -2.28. The quantitative estimate of drug-likeness (QED) is 0.661. The van der Waals surface area contributed by atoms with Crippen molar-refractivity contribution in [1.82, 2.24) is 16.0 Å². The monoisotopic (exact) mass is 347 g/mol. The van der Waals surface area contributed by atoms with E-state index in [0.717, 1.165) is 12.8 Å². The molecule has 1 aromatic rings. The summed E-state index contributed by atoms with van der Waals surface area (Å²) in [4.78, 5) is 23.9. The van der Waals surface area contributed by atoms with Crippen LogP contribution in [0.5, 0.6) is 0 Å². The van der Waals surface area contributed by atoms with Crippen LogP contribution in [0.2, 0.25) is 0 Å².